The van der Waals surface area contributed by atoms with Gasteiger partial charge in [-0.25, -0.2) is 29.3 Å². The monoisotopic (exact) mass is 928 g/mol. The minimum Gasteiger partial charge on any atom is -0.487 e. The molecular formula is C49H45FN14O5. The minimum absolute atomic E-state index is 0.128. The van der Waals surface area contributed by atoms with Gasteiger partial charge in [0.05, 0.1) is 60.3 Å². The molecule has 0 bridgehead atoms. The van der Waals surface area contributed by atoms with Gasteiger partial charge < -0.3 is 42.3 Å². The summed E-state index contributed by atoms with van der Waals surface area (Å²) in [5.41, 5.74) is 24.2. The number of nitrogens with zero attached hydrogens (tertiary/aromatic N) is 8. The molecule has 0 radical (unpaired) electrons. The number of anilines is 2. The smallest absolute Gasteiger partial charge is 0.266 e. The van der Waals surface area contributed by atoms with Crippen molar-refractivity contribution in [3.8, 4) is 23.2 Å². The van der Waals surface area contributed by atoms with Crippen molar-refractivity contribution in [3.05, 3.63) is 172 Å². The second kappa shape index (κ2) is 19.8. The molecule has 0 aliphatic carbocycles. The lowest BCUT2D eigenvalue weighted by molar-refractivity contribution is 0.0986. The first-order chi connectivity index (χ1) is 33.5. The summed E-state index contributed by atoms with van der Waals surface area (Å²) in [6.45, 7) is 4.68. The van der Waals surface area contributed by atoms with E-state index in [1.165, 1.54) is 18.6 Å². The van der Waals surface area contributed by atoms with Crippen LogP contribution in [0.25, 0.3) is 33.9 Å². The number of aromatic nitrogens is 9. The highest BCUT2D eigenvalue weighted by molar-refractivity contribution is 6.06. The molecule has 2 aliphatic heterocycles. The standard InChI is InChI=1S/C23H20FN5O2.C22H20N6O2.C4H5N3O/c1-13-9-16-17(21(25)30)10-15(24)11-19(16)29(13)23-27-18-7-8-31-20(18)22(28-23)26-12-14-5-3-2-4-6-14;23-20(29)18-8-4-7-17-19(25-13-28(17)18)22-26-16-12-30-10-9-15(16)21(27-22)24-11-14-5-2-1-3-6-14;5-4(8)3-1-6-2-7-3/h2-6,9-11H,7-8,12H2,1H3,(H2,25,30)(H,26,27,28);1-8,13H,9-12H2,(H2,23,29)(H,24,26,27);1-2H,(H2,5,8)(H,6,7). The molecule has 0 spiro atoms. The van der Waals surface area contributed by atoms with Crippen molar-refractivity contribution in [2.24, 2.45) is 17.2 Å². The Hall–Kier alpha value is -9.04. The van der Waals surface area contributed by atoms with Crippen molar-refractivity contribution in [3.63, 3.8) is 0 Å². The fourth-order valence-corrected chi connectivity index (χ4v) is 8.00. The molecule has 19 nitrogen and oxygen atoms in total. The van der Waals surface area contributed by atoms with Crippen LogP contribution in [0, 0.1) is 12.7 Å². The zero-order chi connectivity index (χ0) is 48.0. The number of rotatable bonds is 11. The highest BCUT2D eigenvalue weighted by Crippen LogP contribution is 2.35. The van der Waals surface area contributed by atoms with Crippen molar-refractivity contribution in [1.29, 1.82) is 0 Å². The van der Waals surface area contributed by atoms with Gasteiger partial charge >= 0.3 is 0 Å². The minimum atomic E-state index is -0.685. The maximum absolute atomic E-state index is 14.3. The molecule has 0 unspecified atom stereocenters. The maximum Gasteiger partial charge on any atom is 0.266 e. The molecule has 0 saturated carbocycles. The Bertz CT molecular complexity index is 3340. The maximum atomic E-state index is 14.3. The molecule has 8 heterocycles. The van der Waals surface area contributed by atoms with Crippen LogP contribution in [0.5, 0.6) is 5.75 Å². The van der Waals surface area contributed by atoms with Gasteiger partial charge in [-0.3, -0.25) is 23.4 Å². The molecule has 2 aliphatic rings. The Morgan fingerprint density at radius 2 is 1.51 bits per heavy atom. The lowest BCUT2D eigenvalue weighted by atomic mass is 10.1. The Labute approximate surface area is 393 Å². The molecule has 9 aromatic rings. The van der Waals surface area contributed by atoms with E-state index in [2.05, 4.69) is 42.7 Å². The molecule has 3 aromatic carbocycles. The number of H-pyrrole nitrogens is 1. The van der Waals surface area contributed by atoms with E-state index in [0.29, 0.717) is 90.7 Å². The summed E-state index contributed by atoms with van der Waals surface area (Å²) in [4.78, 5) is 63.3. The largest absolute Gasteiger partial charge is 0.487 e. The van der Waals surface area contributed by atoms with Crippen LogP contribution in [0.15, 0.2) is 116 Å². The third-order valence-corrected chi connectivity index (χ3v) is 11.3. The van der Waals surface area contributed by atoms with Gasteiger partial charge in [0.2, 0.25) is 11.9 Å². The lowest BCUT2D eigenvalue weighted by Crippen LogP contribution is -2.17. The van der Waals surface area contributed by atoms with E-state index < -0.39 is 23.5 Å². The number of primary amides is 3. The van der Waals surface area contributed by atoms with Crippen molar-refractivity contribution in [1.82, 2.24) is 43.9 Å². The summed E-state index contributed by atoms with van der Waals surface area (Å²) in [7, 11) is 0. The number of carbonyl (C=O) groups excluding carboxylic acids is 3. The van der Waals surface area contributed by atoms with Gasteiger partial charge in [-0.15, -0.1) is 0 Å². The molecule has 0 fully saturated rings. The number of amides is 3. The Morgan fingerprint density at radius 1 is 0.768 bits per heavy atom. The van der Waals surface area contributed by atoms with E-state index in [-0.39, 0.29) is 5.56 Å². The summed E-state index contributed by atoms with van der Waals surface area (Å²) in [5.74, 6) is 0.633. The number of halogens is 1. The number of carbonyl (C=O) groups is 3. The number of ether oxygens (including phenoxy) is 2. The number of aromatic amines is 1. The lowest BCUT2D eigenvalue weighted by Gasteiger charge is -2.20. The number of fused-ring (bicyclic) bond motifs is 4. The van der Waals surface area contributed by atoms with Crippen LogP contribution in [0.3, 0.4) is 0 Å². The Balaban J connectivity index is 0.000000148. The van der Waals surface area contributed by atoms with Crippen LogP contribution in [0.1, 0.15) is 65.1 Å². The highest BCUT2D eigenvalue weighted by Gasteiger charge is 2.25. The highest BCUT2D eigenvalue weighted by atomic mass is 19.1. The molecule has 6 aromatic heterocycles. The van der Waals surface area contributed by atoms with Gasteiger partial charge in [0, 0.05) is 42.6 Å². The first kappa shape index (κ1) is 45.1. The number of nitrogens with two attached hydrogens (primary N) is 3. The van der Waals surface area contributed by atoms with Gasteiger partial charge in [-0.05, 0) is 48.4 Å². The number of pyridine rings is 1. The normalized spacial score (nSPS) is 12.4. The van der Waals surface area contributed by atoms with Gasteiger partial charge in [-0.1, -0.05) is 66.7 Å². The van der Waals surface area contributed by atoms with Crippen LogP contribution < -0.4 is 32.6 Å². The van der Waals surface area contributed by atoms with Crippen LogP contribution in [-0.4, -0.2) is 74.8 Å². The third-order valence-electron chi connectivity index (χ3n) is 11.3. The molecule has 3 amide bonds. The first-order valence-electron chi connectivity index (χ1n) is 21.8. The molecule has 0 atom stereocenters. The van der Waals surface area contributed by atoms with Crippen LogP contribution in [0.4, 0.5) is 16.0 Å². The van der Waals surface area contributed by atoms with E-state index in [0.717, 1.165) is 57.6 Å². The Morgan fingerprint density at radius 3 is 2.17 bits per heavy atom. The summed E-state index contributed by atoms with van der Waals surface area (Å²) in [6.07, 6.45) is 5.76. The predicted octanol–water partition coefficient (Wildman–Crippen LogP) is 5.60. The molecule has 20 heteroatoms. The van der Waals surface area contributed by atoms with Crippen LogP contribution in [0.2, 0.25) is 0 Å². The number of hydrogen-bond acceptors (Lipinski definition) is 13. The molecular weight excluding hydrogens is 884 g/mol. The summed E-state index contributed by atoms with van der Waals surface area (Å²) in [6, 6.07) is 29.7. The molecule has 11 rings (SSSR count). The molecule has 348 valence electrons. The fraction of sp³-hybridized carbons (Fsp3) is 0.163. The van der Waals surface area contributed by atoms with E-state index in [9.17, 15) is 18.8 Å². The van der Waals surface area contributed by atoms with Gasteiger partial charge in [0.25, 0.3) is 11.8 Å². The van der Waals surface area contributed by atoms with Crippen molar-refractivity contribution in [2.45, 2.75) is 39.5 Å². The van der Waals surface area contributed by atoms with Gasteiger partial charge in [0.1, 0.15) is 35.0 Å². The number of benzene rings is 3. The molecule has 0 saturated heterocycles. The first-order valence-corrected chi connectivity index (χ1v) is 21.8. The van der Waals surface area contributed by atoms with E-state index >= 15 is 0 Å². The topological polar surface area (TPSA) is 274 Å². The van der Waals surface area contributed by atoms with Crippen molar-refractivity contribution < 1.29 is 28.2 Å². The zero-order valence-electron chi connectivity index (χ0n) is 37.1. The van der Waals surface area contributed by atoms with Crippen molar-refractivity contribution >= 4 is 45.8 Å². The van der Waals surface area contributed by atoms with Gasteiger partial charge in [0.15, 0.2) is 17.4 Å². The molecule has 69 heavy (non-hydrogen) atoms. The zero-order valence-corrected chi connectivity index (χ0v) is 37.1. The van der Waals surface area contributed by atoms with Crippen LogP contribution in [-0.2, 0) is 37.3 Å². The second-order valence-corrected chi connectivity index (χ2v) is 15.9. The van der Waals surface area contributed by atoms with Crippen molar-refractivity contribution in [2.75, 3.05) is 23.8 Å². The fourth-order valence-electron chi connectivity index (χ4n) is 8.00. The van der Waals surface area contributed by atoms with E-state index in [1.54, 1.807) is 33.5 Å². The average Bonchev–Trinajstić information content (AvgIpc) is 4.20. The third kappa shape index (κ3) is 9.77. The quantitative estimate of drug-likeness (QED) is 0.0923. The summed E-state index contributed by atoms with van der Waals surface area (Å²) < 4.78 is 29.0. The van der Waals surface area contributed by atoms with E-state index in [1.807, 2.05) is 61.5 Å². The molecule has 9 N–H and O–H groups in total. The average molecular weight is 929 g/mol. The summed E-state index contributed by atoms with van der Waals surface area (Å²) in [5, 5.41) is 7.35. The number of imidazole rings is 2. The van der Waals surface area contributed by atoms with Crippen LogP contribution >= 0.6 is 0 Å². The second-order valence-electron chi connectivity index (χ2n) is 15.9. The number of aryl methyl sites for hydroxylation is 1. The summed E-state index contributed by atoms with van der Waals surface area (Å²) >= 11 is 0. The SMILES string of the molecule is Cc1cc2c(C(N)=O)cc(F)cc2n1-c1nc2c(c(NCc3ccccc3)n1)OCC2.NC(=O)c1cccc2c(-c3nc4c(c(NCc5ccccc5)n3)CCOC4)ncn12.NC(=O)c1cnc[nH]1. The predicted molar refractivity (Wildman–Crippen MR) is 254 cm³/mol. The Kier molecular flexibility index (Phi) is 13.0. The number of hydrogen-bond donors (Lipinski definition) is 6. The van der Waals surface area contributed by atoms with E-state index in [4.69, 9.17) is 41.6 Å². The number of nitrogens with one attached hydrogen (secondary N) is 3. The van der Waals surface area contributed by atoms with Gasteiger partial charge in [-0.2, -0.15) is 4.98 Å².